The summed E-state index contributed by atoms with van der Waals surface area (Å²) in [6.45, 7) is 20.7. The Morgan fingerprint density at radius 1 is 0.842 bits per heavy atom. The van der Waals surface area contributed by atoms with Crippen LogP contribution in [0.1, 0.15) is 81.6 Å². The SMILES string of the molecule is BC(C)(CC(C)(C)CC(C)(C)CC(C)C)OC(C)C. The van der Waals surface area contributed by atoms with Crippen LogP contribution in [0, 0.1) is 16.7 Å². The van der Waals surface area contributed by atoms with Crippen molar-refractivity contribution >= 4 is 7.85 Å². The normalized spacial score (nSPS) is 17.0. The molecule has 0 aromatic heterocycles. The molecule has 0 bridgehead atoms. The molecule has 0 aliphatic heterocycles. The minimum absolute atomic E-state index is 0.0361. The van der Waals surface area contributed by atoms with Crippen molar-refractivity contribution in [3.05, 3.63) is 0 Å². The lowest BCUT2D eigenvalue weighted by Crippen LogP contribution is -2.39. The van der Waals surface area contributed by atoms with Crippen molar-refractivity contribution in [2.45, 2.75) is 93.2 Å². The van der Waals surface area contributed by atoms with Crippen LogP contribution in [0.2, 0.25) is 0 Å². The molecule has 0 aliphatic carbocycles. The Kier molecular flexibility index (Phi) is 6.66. The molecule has 0 aromatic rings. The van der Waals surface area contributed by atoms with Crippen molar-refractivity contribution in [3.63, 3.8) is 0 Å². The monoisotopic (exact) mass is 268 g/mol. The van der Waals surface area contributed by atoms with Crippen LogP contribution in [0.15, 0.2) is 0 Å². The summed E-state index contributed by atoms with van der Waals surface area (Å²) in [5, 5.41) is 0. The fraction of sp³-hybridized carbons (Fsp3) is 1.00. The zero-order valence-electron chi connectivity index (χ0n) is 15.2. The van der Waals surface area contributed by atoms with Gasteiger partial charge in [-0.25, -0.2) is 0 Å². The highest BCUT2D eigenvalue weighted by atomic mass is 16.5. The van der Waals surface area contributed by atoms with E-state index in [1.165, 1.54) is 12.8 Å². The van der Waals surface area contributed by atoms with Gasteiger partial charge in [0.2, 0.25) is 0 Å². The summed E-state index contributed by atoms with van der Waals surface area (Å²) in [4.78, 5) is 0. The van der Waals surface area contributed by atoms with Gasteiger partial charge in [0, 0.05) is 5.50 Å². The second-order valence-corrected chi connectivity index (χ2v) is 9.21. The standard InChI is InChI=1S/C17H37BO/c1-13(2)10-15(5,6)11-16(7,8)12-17(9,18)19-14(3)4/h13-14H,10-12,18H2,1-9H3. The van der Waals surface area contributed by atoms with Crippen LogP contribution in [0.3, 0.4) is 0 Å². The maximum Gasteiger partial charge on any atom is 0.142 e. The molecule has 0 fully saturated rings. The largest absolute Gasteiger partial charge is 0.382 e. The van der Waals surface area contributed by atoms with Crippen LogP contribution in [-0.4, -0.2) is 19.5 Å². The zero-order valence-corrected chi connectivity index (χ0v) is 15.2. The summed E-state index contributed by atoms with van der Waals surface area (Å²) in [6, 6.07) is 0. The average Bonchev–Trinajstić information content (AvgIpc) is 1.89. The summed E-state index contributed by atoms with van der Waals surface area (Å²) < 4.78 is 6.07. The van der Waals surface area contributed by atoms with E-state index in [-0.39, 0.29) is 5.50 Å². The summed E-state index contributed by atoms with van der Waals surface area (Å²) in [5.41, 5.74) is 0.688. The van der Waals surface area contributed by atoms with Crippen molar-refractivity contribution < 1.29 is 4.74 Å². The maximum atomic E-state index is 6.07. The van der Waals surface area contributed by atoms with Gasteiger partial charge in [0.25, 0.3) is 0 Å². The molecule has 0 aliphatic rings. The van der Waals surface area contributed by atoms with E-state index in [4.69, 9.17) is 4.74 Å². The molecule has 0 spiro atoms. The first-order valence-electron chi connectivity index (χ1n) is 7.93. The molecule has 1 unspecified atom stereocenters. The topological polar surface area (TPSA) is 9.23 Å². The molecule has 2 heteroatoms. The fourth-order valence-electron chi connectivity index (χ4n) is 4.37. The molecule has 114 valence electrons. The lowest BCUT2D eigenvalue weighted by molar-refractivity contribution is -0.0417. The summed E-state index contributed by atoms with van der Waals surface area (Å²) >= 11 is 0. The highest BCUT2D eigenvalue weighted by molar-refractivity contribution is 6.14. The van der Waals surface area contributed by atoms with E-state index in [2.05, 4.69) is 70.2 Å². The predicted octanol–water partition coefficient (Wildman–Crippen LogP) is 4.64. The smallest absolute Gasteiger partial charge is 0.142 e. The van der Waals surface area contributed by atoms with Gasteiger partial charge in [-0.05, 0) is 56.8 Å². The maximum absolute atomic E-state index is 6.07. The molecule has 0 N–H and O–H groups in total. The van der Waals surface area contributed by atoms with E-state index in [0.29, 0.717) is 16.9 Å². The van der Waals surface area contributed by atoms with Crippen LogP contribution < -0.4 is 0 Å². The zero-order chi connectivity index (χ0) is 15.5. The van der Waals surface area contributed by atoms with Gasteiger partial charge in [0.1, 0.15) is 7.85 Å². The number of ether oxygens (including phenoxy) is 1. The molecule has 0 radical (unpaired) electrons. The van der Waals surface area contributed by atoms with Gasteiger partial charge in [-0.2, -0.15) is 0 Å². The fourth-order valence-corrected chi connectivity index (χ4v) is 4.37. The van der Waals surface area contributed by atoms with Gasteiger partial charge >= 0.3 is 0 Å². The Hall–Kier alpha value is 0.0249. The third kappa shape index (κ3) is 9.54. The molecular formula is C17H37BO. The first kappa shape index (κ1) is 19.0. The Morgan fingerprint density at radius 2 is 1.32 bits per heavy atom. The second-order valence-electron chi connectivity index (χ2n) is 9.21. The number of rotatable bonds is 8. The Balaban J connectivity index is 4.62. The molecule has 0 rings (SSSR count). The van der Waals surface area contributed by atoms with E-state index in [9.17, 15) is 0 Å². The van der Waals surface area contributed by atoms with E-state index in [0.717, 1.165) is 12.3 Å². The van der Waals surface area contributed by atoms with Crippen LogP contribution in [-0.2, 0) is 4.74 Å². The van der Waals surface area contributed by atoms with E-state index >= 15 is 0 Å². The second kappa shape index (κ2) is 6.65. The third-order valence-electron chi connectivity index (χ3n) is 3.38. The van der Waals surface area contributed by atoms with Gasteiger partial charge < -0.3 is 4.74 Å². The third-order valence-corrected chi connectivity index (χ3v) is 3.38. The molecule has 0 amide bonds. The minimum atomic E-state index is -0.0361. The Bertz CT molecular complexity index is 238. The van der Waals surface area contributed by atoms with E-state index in [1.54, 1.807) is 0 Å². The lowest BCUT2D eigenvalue weighted by atomic mass is 9.64. The molecule has 19 heavy (non-hydrogen) atoms. The first-order valence-corrected chi connectivity index (χ1v) is 7.93. The summed E-state index contributed by atoms with van der Waals surface area (Å²) in [7, 11) is 2.23. The Labute approximate surface area is 123 Å². The molecule has 0 heterocycles. The van der Waals surface area contributed by atoms with Gasteiger partial charge in [0.15, 0.2) is 0 Å². The van der Waals surface area contributed by atoms with Gasteiger partial charge in [0.05, 0.1) is 6.10 Å². The highest BCUT2D eigenvalue weighted by Gasteiger charge is 2.34. The van der Waals surface area contributed by atoms with Gasteiger partial charge in [-0.1, -0.05) is 41.5 Å². The molecular weight excluding hydrogens is 231 g/mol. The van der Waals surface area contributed by atoms with Crippen LogP contribution in [0.25, 0.3) is 0 Å². The van der Waals surface area contributed by atoms with Crippen LogP contribution >= 0.6 is 0 Å². The molecule has 0 saturated heterocycles. The van der Waals surface area contributed by atoms with E-state index < -0.39 is 0 Å². The quantitative estimate of drug-likeness (QED) is 0.583. The van der Waals surface area contributed by atoms with E-state index in [1.807, 2.05) is 0 Å². The number of hydrogen-bond acceptors (Lipinski definition) is 1. The Morgan fingerprint density at radius 3 is 1.68 bits per heavy atom. The molecule has 0 saturated carbocycles. The first-order chi connectivity index (χ1) is 8.25. The van der Waals surface area contributed by atoms with Crippen molar-refractivity contribution in [3.8, 4) is 0 Å². The molecule has 0 aromatic carbocycles. The summed E-state index contributed by atoms with van der Waals surface area (Å²) in [6.07, 6.45) is 3.96. The van der Waals surface area contributed by atoms with Gasteiger partial charge in [-0.3, -0.25) is 0 Å². The summed E-state index contributed by atoms with van der Waals surface area (Å²) in [5.74, 6) is 0.769. The van der Waals surface area contributed by atoms with Crippen molar-refractivity contribution in [1.29, 1.82) is 0 Å². The van der Waals surface area contributed by atoms with Crippen molar-refractivity contribution in [2.75, 3.05) is 0 Å². The highest BCUT2D eigenvalue weighted by Crippen LogP contribution is 2.42. The van der Waals surface area contributed by atoms with Crippen LogP contribution in [0.5, 0.6) is 0 Å². The predicted molar refractivity (Wildman–Crippen MR) is 89.4 cm³/mol. The lowest BCUT2D eigenvalue weighted by Gasteiger charge is -2.41. The average molecular weight is 268 g/mol. The molecule has 1 nitrogen and oxygen atoms in total. The molecule has 1 atom stereocenters. The van der Waals surface area contributed by atoms with Crippen molar-refractivity contribution in [2.24, 2.45) is 16.7 Å². The van der Waals surface area contributed by atoms with Crippen molar-refractivity contribution in [1.82, 2.24) is 0 Å². The van der Waals surface area contributed by atoms with Crippen LogP contribution in [0.4, 0.5) is 0 Å². The van der Waals surface area contributed by atoms with Gasteiger partial charge in [-0.15, -0.1) is 0 Å². The minimum Gasteiger partial charge on any atom is -0.382 e. The number of hydrogen-bond donors (Lipinski definition) is 0.